The molecule has 0 aliphatic heterocycles. The summed E-state index contributed by atoms with van der Waals surface area (Å²) in [5.41, 5.74) is 8.52. The molecule has 0 radical (unpaired) electrons. The molecule has 21 heavy (non-hydrogen) atoms. The summed E-state index contributed by atoms with van der Waals surface area (Å²) in [7, 11) is 0. The molecule has 3 fully saturated rings. The van der Waals surface area contributed by atoms with Gasteiger partial charge in [0.2, 0.25) is 0 Å². The first-order valence-electron chi connectivity index (χ1n) is 9.29. The molecule has 0 heterocycles. The van der Waals surface area contributed by atoms with E-state index in [4.69, 9.17) is 5.73 Å². The van der Waals surface area contributed by atoms with Gasteiger partial charge in [-0.1, -0.05) is 30.7 Å². The Bertz CT molecular complexity index is 518. The Balaban J connectivity index is 1.46. The third-order valence-electron chi connectivity index (χ3n) is 8.22. The largest absolute Gasteiger partial charge is 0.330 e. The van der Waals surface area contributed by atoms with Gasteiger partial charge in [-0.3, -0.25) is 0 Å². The molecule has 2 bridgehead atoms. The van der Waals surface area contributed by atoms with E-state index in [9.17, 15) is 0 Å². The standard InChI is InChI=1S/C20H29N/c1-20(11-21)7-5-3-2-4-6-12-8-14-13(12)9-15-18(14)16-10-17(20)19(15)16/h2,4,9,12,14-19H,3,5-8,10-11,21H2,1H3/b4-2-/t12?,14-,15?,16-,17-,18?,19?,20?/m0/s1. The van der Waals surface area contributed by atoms with E-state index >= 15 is 0 Å². The van der Waals surface area contributed by atoms with Crippen molar-refractivity contribution in [1.82, 2.24) is 0 Å². The van der Waals surface area contributed by atoms with Gasteiger partial charge in [0, 0.05) is 0 Å². The van der Waals surface area contributed by atoms with Crippen molar-refractivity contribution in [3.8, 4) is 0 Å². The average molecular weight is 283 g/mol. The van der Waals surface area contributed by atoms with Crippen LogP contribution in [0.15, 0.2) is 23.8 Å². The van der Waals surface area contributed by atoms with Crippen LogP contribution in [0, 0.1) is 46.8 Å². The summed E-state index contributed by atoms with van der Waals surface area (Å²) < 4.78 is 0. The Hall–Kier alpha value is -0.560. The fourth-order valence-electron chi connectivity index (χ4n) is 6.87. The monoisotopic (exact) mass is 283 g/mol. The first-order chi connectivity index (χ1) is 10.2. The highest BCUT2D eigenvalue weighted by molar-refractivity contribution is 5.36. The molecule has 3 saturated carbocycles. The van der Waals surface area contributed by atoms with E-state index in [1.165, 1.54) is 38.5 Å². The fraction of sp³-hybridized carbons (Fsp3) is 0.800. The van der Waals surface area contributed by atoms with Gasteiger partial charge in [0.1, 0.15) is 0 Å². The van der Waals surface area contributed by atoms with Crippen LogP contribution in [0.2, 0.25) is 0 Å². The lowest BCUT2D eigenvalue weighted by atomic mass is 9.37. The van der Waals surface area contributed by atoms with Gasteiger partial charge in [0.15, 0.2) is 0 Å². The molecular formula is C20H29N. The van der Waals surface area contributed by atoms with Crippen molar-refractivity contribution in [2.24, 2.45) is 52.6 Å². The highest BCUT2D eigenvalue weighted by Crippen LogP contribution is 2.74. The van der Waals surface area contributed by atoms with Crippen LogP contribution in [0.1, 0.15) is 45.4 Å². The molecule has 2 N–H and O–H groups in total. The molecule has 1 nitrogen and oxygen atoms in total. The number of nitrogens with two attached hydrogens (primary N) is 1. The van der Waals surface area contributed by atoms with Crippen LogP contribution < -0.4 is 5.73 Å². The highest BCUT2D eigenvalue weighted by Gasteiger charge is 2.68. The minimum absolute atomic E-state index is 0.410. The molecule has 8 atom stereocenters. The Morgan fingerprint density at radius 3 is 3.00 bits per heavy atom. The highest BCUT2D eigenvalue weighted by atomic mass is 14.7. The summed E-state index contributed by atoms with van der Waals surface area (Å²) in [6, 6.07) is 0. The predicted molar refractivity (Wildman–Crippen MR) is 86.5 cm³/mol. The van der Waals surface area contributed by atoms with Crippen LogP contribution in [-0.4, -0.2) is 6.54 Å². The van der Waals surface area contributed by atoms with Crippen molar-refractivity contribution in [2.75, 3.05) is 6.54 Å². The van der Waals surface area contributed by atoms with Gasteiger partial charge in [0.05, 0.1) is 0 Å². The van der Waals surface area contributed by atoms with Gasteiger partial charge in [0.25, 0.3) is 0 Å². The van der Waals surface area contributed by atoms with E-state index in [0.29, 0.717) is 5.41 Å². The smallest absolute Gasteiger partial charge is 0.00204 e. The summed E-state index contributed by atoms with van der Waals surface area (Å²) in [5.74, 6) is 6.94. The molecule has 5 aliphatic rings. The third kappa shape index (κ3) is 1.52. The number of rotatable bonds is 1. The van der Waals surface area contributed by atoms with Crippen LogP contribution in [-0.2, 0) is 0 Å². The molecule has 0 amide bonds. The van der Waals surface area contributed by atoms with Crippen LogP contribution in [0.3, 0.4) is 0 Å². The zero-order valence-electron chi connectivity index (χ0n) is 13.3. The molecule has 0 aromatic carbocycles. The molecule has 5 unspecified atom stereocenters. The molecule has 0 spiro atoms. The predicted octanol–water partition coefficient (Wildman–Crippen LogP) is 4.16. The van der Waals surface area contributed by atoms with Crippen LogP contribution in [0.4, 0.5) is 0 Å². The van der Waals surface area contributed by atoms with Crippen molar-refractivity contribution in [2.45, 2.75) is 45.4 Å². The first kappa shape index (κ1) is 12.9. The van der Waals surface area contributed by atoms with Crippen molar-refractivity contribution in [3.05, 3.63) is 23.8 Å². The molecule has 114 valence electrons. The van der Waals surface area contributed by atoms with Crippen LogP contribution >= 0.6 is 0 Å². The maximum Gasteiger partial charge on any atom is -0.00204 e. The summed E-state index contributed by atoms with van der Waals surface area (Å²) in [6.45, 7) is 3.38. The summed E-state index contributed by atoms with van der Waals surface area (Å²) in [6.07, 6.45) is 15.9. The zero-order chi connectivity index (χ0) is 14.2. The lowest BCUT2D eigenvalue weighted by Gasteiger charge is -2.67. The van der Waals surface area contributed by atoms with Gasteiger partial charge in [-0.15, -0.1) is 0 Å². The number of hydrogen-bond donors (Lipinski definition) is 1. The summed E-state index contributed by atoms with van der Waals surface area (Å²) in [4.78, 5) is 0. The van der Waals surface area contributed by atoms with Crippen molar-refractivity contribution in [1.29, 1.82) is 0 Å². The number of fused-ring (bicyclic) bond motifs is 2. The van der Waals surface area contributed by atoms with E-state index in [0.717, 1.165) is 48.0 Å². The minimum atomic E-state index is 0.410. The van der Waals surface area contributed by atoms with Crippen LogP contribution in [0.25, 0.3) is 0 Å². The quantitative estimate of drug-likeness (QED) is 0.719. The SMILES string of the molecule is CC1(CN)CCC/C=C\CC2C[C@H]3C2=CC2C3[C@@H]3C[C@H]1C23. The Morgan fingerprint density at radius 2 is 2.14 bits per heavy atom. The van der Waals surface area contributed by atoms with E-state index in [1.807, 2.05) is 5.57 Å². The summed E-state index contributed by atoms with van der Waals surface area (Å²) >= 11 is 0. The van der Waals surface area contributed by atoms with Crippen molar-refractivity contribution >= 4 is 0 Å². The Morgan fingerprint density at radius 1 is 1.24 bits per heavy atom. The third-order valence-corrected chi connectivity index (χ3v) is 8.22. The van der Waals surface area contributed by atoms with Crippen molar-refractivity contribution in [3.63, 3.8) is 0 Å². The molecular weight excluding hydrogens is 254 g/mol. The topological polar surface area (TPSA) is 26.0 Å². The number of hydrogen-bond acceptors (Lipinski definition) is 1. The minimum Gasteiger partial charge on any atom is -0.330 e. The van der Waals surface area contributed by atoms with Gasteiger partial charge in [-0.05, 0) is 91.9 Å². The second kappa shape index (κ2) is 4.25. The second-order valence-electron chi connectivity index (χ2n) is 8.90. The van der Waals surface area contributed by atoms with Gasteiger partial charge < -0.3 is 5.73 Å². The Kier molecular flexibility index (Phi) is 2.62. The Labute approximate surface area is 129 Å². The van der Waals surface area contributed by atoms with Crippen molar-refractivity contribution < 1.29 is 0 Å². The van der Waals surface area contributed by atoms with Crippen LogP contribution in [0.5, 0.6) is 0 Å². The molecule has 5 rings (SSSR count). The molecule has 5 aliphatic carbocycles. The van der Waals surface area contributed by atoms with Gasteiger partial charge in [-0.2, -0.15) is 0 Å². The fourth-order valence-corrected chi connectivity index (χ4v) is 6.87. The lowest BCUT2D eigenvalue weighted by Crippen LogP contribution is -2.63. The van der Waals surface area contributed by atoms with Gasteiger partial charge in [-0.25, -0.2) is 0 Å². The van der Waals surface area contributed by atoms with E-state index < -0.39 is 0 Å². The normalized spacial score (nSPS) is 58.4. The maximum absolute atomic E-state index is 6.24. The molecule has 1 heteroatoms. The van der Waals surface area contributed by atoms with E-state index in [-0.39, 0.29) is 0 Å². The molecule has 0 aromatic rings. The van der Waals surface area contributed by atoms with E-state index in [1.54, 1.807) is 0 Å². The average Bonchev–Trinajstić information content (AvgIpc) is 2.68. The first-order valence-corrected chi connectivity index (χ1v) is 9.29. The molecule has 0 aromatic heterocycles. The molecule has 0 saturated heterocycles. The summed E-state index contributed by atoms with van der Waals surface area (Å²) in [5, 5.41) is 0. The second-order valence-corrected chi connectivity index (χ2v) is 8.90. The maximum atomic E-state index is 6.24. The van der Waals surface area contributed by atoms with E-state index in [2.05, 4.69) is 25.2 Å². The lowest BCUT2D eigenvalue weighted by molar-refractivity contribution is -0.185. The number of allylic oxidation sites excluding steroid dienone is 4. The van der Waals surface area contributed by atoms with Gasteiger partial charge >= 0.3 is 0 Å². The zero-order valence-corrected chi connectivity index (χ0v) is 13.3.